The Morgan fingerprint density at radius 1 is 1.31 bits per heavy atom. The van der Waals surface area contributed by atoms with Crippen molar-refractivity contribution in [1.82, 2.24) is 9.88 Å². The Labute approximate surface area is 153 Å². The van der Waals surface area contributed by atoms with Crippen LogP contribution < -0.4 is 4.90 Å². The zero-order valence-electron chi connectivity index (χ0n) is 14.5. The average Bonchev–Trinajstić information content (AvgIpc) is 2.52. The van der Waals surface area contributed by atoms with Crippen molar-refractivity contribution in [3.05, 3.63) is 22.8 Å². The molecule has 1 aliphatic heterocycles. The summed E-state index contributed by atoms with van der Waals surface area (Å²) in [5.74, 6) is -0.0253. The van der Waals surface area contributed by atoms with Crippen LogP contribution in [-0.4, -0.2) is 53.5 Å². The first-order chi connectivity index (χ1) is 11.9. The molecular formula is C16H19ClF3N3O3. The van der Waals surface area contributed by atoms with Crippen molar-refractivity contribution in [2.24, 2.45) is 0 Å². The topological polar surface area (TPSA) is 62.7 Å². The van der Waals surface area contributed by atoms with Crippen LogP contribution in [0.3, 0.4) is 0 Å². The number of hydrogen-bond donors (Lipinski definition) is 0. The zero-order valence-corrected chi connectivity index (χ0v) is 15.3. The number of amides is 1. The molecule has 2 rings (SSSR count). The molecule has 1 amide bonds. The van der Waals surface area contributed by atoms with E-state index >= 15 is 0 Å². The summed E-state index contributed by atoms with van der Waals surface area (Å²) in [4.78, 5) is 29.9. The second-order valence-electron chi connectivity index (χ2n) is 6.82. The quantitative estimate of drug-likeness (QED) is 0.721. The molecule has 2 heterocycles. The van der Waals surface area contributed by atoms with E-state index in [1.807, 2.05) is 0 Å². The fourth-order valence-corrected chi connectivity index (χ4v) is 2.71. The minimum absolute atomic E-state index is 0.00985. The Morgan fingerprint density at radius 2 is 1.96 bits per heavy atom. The number of aldehydes is 1. The molecule has 1 fully saturated rings. The van der Waals surface area contributed by atoms with Gasteiger partial charge in [0.05, 0.1) is 11.6 Å². The van der Waals surface area contributed by atoms with Gasteiger partial charge in [-0.15, -0.1) is 0 Å². The number of carbonyl (C=O) groups excluding carboxylic acids is 2. The summed E-state index contributed by atoms with van der Waals surface area (Å²) in [6.45, 7) is 5.46. The molecule has 0 bridgehead atoms. The predicted octanol–water partition coefficient (Wildman–Crippen LogP) is 3.38. The second-order valence-corrected chi connectivity index (χ2v) is 7.23. The van der Waals surface area contributed by atoms with Crippen molar-refractivity contribution in [3.63, 3.8) is 0 Å². The van der Waals surface area contributed by atoms with Gasteiger partial charge in [0.15, 0.2) is 5.69 Å². The molecule has 6 nitrogen and oxygen atoms in total. The number of halogens is 4. The number of hydrogen-bond acceptors (Lipinski definition) is 5. The highest BCUT2D eigenvalue weighted by molar-refractivity contribution is 6.31. The van der Waals surface area contributed by atoms with E-state index < -0.39 is 34.6 Å². The third-order valence-corrected chi connectivity index (χ3v) is 3.93. The molecular weight excluding hydrogens is 375 g/mol. The van der Waals surface area contributed by atoms with Gasteiger partial charge in [-0.3, -0.25) is 0 Å². The van der Waals surface area contributed by atoms with Crippen molar-refractivity contribution in [3.8, 4) is 0 Å². The summed E-state index contributed by atoms with van der Waals surface area (Å²) in [5.41, 5.74) is -1.90. The van der Waals surface area contributed by atoms with Crippen LogP contribution in [0.2, 0.25) is 5.02 Å². The van der Waals surface area contributed by atoms with Crippen LogP contribution in [0.25, 0.3) is 0 Å². The van der Waals surface area contributed by atoms with E-state index in [9.17, 15) is 22.8 Å². The molecule has 1 saturated heterocycles. The highest BCUT2D eigenvalue weighted by Crippen LogP contribution is 2.35. The number of pyridine rings is 1. The average molecular weight is 394 g/mol. The van der Waals surface area contributed by atoms with E-state index in [2.05, 4.69) is 4.98 Å². The monoisotopic (exact) mass is 393 g/mol. The number of anilines is 1. The highest BCUT2D eigenvalue weighted by atomic mass is 35.5. The number of nitrogens with zero attached hydrogens (tertiary/aromatic N) is 3. The Kier molecular flexibility index (Phi) is 5.70. The SMILES string of the molecule is CC(C)(C)OC(=O)N1CCN(c2ccc(Cl)c(C(F)(F)F)n2)[C@H](C=O)C1. The third kappa shape index (κ3) is 4.78. The fraction of sp³-hybridized carbons (Fsp3) is 0.562. The van der Waals surface area contributed by atoms with Crippen molar-refractivity contribution < 1.29 is 27.5 Å². The Bertz CT molecular complexity index is 692. The van der Waals surface area contributed by atoms with Crippen LogP contribution in [0.4, 0.5) is 23.8 Å². The van der Waals surface area contributed by atoms with Crippen molar-refractivity contribution in [1.29, 1.82) is 0 Å². The molecule has 1 aromatic heterocycles. The van der Waals surface area contributed by atoms with Gasteiger partial charge in [-0.1, -0.05) is 11.6 Å². The van der Waals surface area contributed by atoms with Gasteiger partial charge < -0.3 is 19.3 Å². The van der Waals surface area contributed by atoms with Crippen molar-refractivity contribution in [2.45, 2.75) is 38.6 Å². The lowest BCUT2D eigenvalue weighted by Crippen LogP contribution is -2.56. The summed E-state index contributed by atoms with van der Waals surface area (Å²) in [7, 11) is 0. The molecule has 0 aliphatic carbocycles. The van der Waals surface area contributed by atoms with Crippen LogP contribution in [0, 0.1) is 0 Å². The standard InChI is InChI=1S/C16H19ClF3N3O3/c1-15(2,3)26-14(25)22-6-7-23(10(8-22)9-24)12-5-4-11(17)13(21-12)16(18,19)20/h4-5,9-10H,6-8H2,1-3H3/t10-/m0/s1. The lowest BCUT2D eigenvalue weighted by molar-refractivity contribution is -0.141. The minimum atomic E-state index is -4.71. The summed E-state index contributed by atoms with van der Waals surface area (Å²) in [6, 6.07) is 1.57. The smallest absolute Gasteiger partial charge is 0.434 e. The first-order valence-electron chi connectivity index (χ1n) is 7.86. The molecule has 1 aliphatic rings. The van der Waals surface area contributed by atoms with Gasteiger partial charge >= 0.3 is 12.3 Å². The highest BCUT2D eigenvalue weighted by Gasteiger charge is 2.37. The van der Waals surface area contributed by atoms with Gasteiger partial charge in [-0.2, -0.15) is 13.2 Å². The summed E-state index contributed by atoms with van der Waals surface area (Å²) >= 11 is 5.58. The van der Waals surface area contributed by atoms with Crippen LogP contribution in [0.15, 0.2) is 12.1 Å². The van der Waals surface area contributed by atoms with E-state index in [0.29, 0.717) is 6.29 Å². The largest absolute Gasteiger partial charge is 0.444 e. The van der Waals surface area contributed by atoms with Crippen molar-refractivity contribution >= 4 is 29.8 Å². The number of alkyl halides is 3. The van der Waals surface area contributed by atoms with Crippen LogP contribution in [0.5, 0.6) is 0 Å². The molecule has 10 heteroatoms. The van der Waals surface area contributed by atoms with E-state index in [4.69, 9.17) is 16.3 Å². The molecule has 144 valence electrons. The fourth-order valence-electron chi connectivity index (χ4n) is 2.49. The molecule has 0 saturated carbocycles. The summed E-state index contributed by atoms with van der Waals surface area (Å²) in [5, 5.41) is -0.517. The number of aromatic nitrogens is 1. The Balaban J connectivity index is 2.20. The van der Waals surface area contributed by atoms with Gasteiger partial charge in [0, 0.05) is 13.1 Å². The van der Waals surface area contributed by atoms with E-state index in [0.717, 1.165) is 6.07 Å². The Hall–Kier alpha value is -2.03. The molecule has 0 spiro atoms. The molecule has 26 heavy (non-hydrogen) atoms. The first kappa shape index (κ1) is 20.3. The minimum Gasteiger partial charge on any atom is -0.444 e. The van der Waals surface area contributed by atoms with Crippen molar-refractivity contribution in [2.75, 3.05) is 24.5 Å². The van der Waals surface area contributed by atoms with Crippen LogP contribution >= 0.6 is 11.6 Å². The van der Waals surface area contributed by atoms with E-state index in [1.165, 1.54) is 15.9 Å². The summed E-state index contributed by atoms with van der Waals surface area (Å²) < 4.78 is 44.2. The molecule has 0 aromatic carbocycles. The van der Waals surface area contributed by atoms with Gasteiger partial charge in [0.2, 0.25) is 0 Å². The maximum Gasteiger partial charge on any atom is 0.434 e. The second kappa shape index (κ2) is 7.30. The van der Waals surface area contributed by atoms with E-state index in [1.54, 1.807) is 20.8 Å². The van der Waals surface area contributed by atoms with Gasteiger partial charge in [-0.25, -0.2) is 9.78 Å². The van der Waals surface area contributed by atoms with Gasteiger partial charge in [-0.05, 0) is 32.9 Å². The predicted molar refractivity (Wildman–Crippen MR) is 89.3 cm³/mol. The molecule has 0 radical (unpaired) electrons. The normalized spacial score (nSPS) is 18.7. The molecule has 1 atom stereocenters. The number of piperazine rings is 1. The number of ether oxygens (including phenoxy) is 1. The number of carbonyl (C=O) groups is 2. The first-order valence-corrected chi connectivity index (χ1v) is 8.24. The molecule has 1 aromatic rings. The molecule has 0 N–H and O–H groups in total. The maximum absolute atomic E-state index is 13.0. The van der Waals surface area contributed by atoms with Crippen LogP contribution in [-0.2, 0) is 15.7 Å². The molecule has 0 unspecified atom stereocenters. The zero-order chi connectivity index (χ0) is 19.7. The lowest BCUT2D eigenvalue weighted by Gasteiger charge is -2.40. The summed E-state index contributed by atoms with van der Waals surface area (Å²) in [6.07, 6.45) is -4.72. The Morgan fingerprint density at radius 3 is 2.50 bits per heavy atom. The number of rotatable bonds is 2. The maximum atomic E-state index is 13.0. The van der Waals surface area contributed by atoms with Crippen LogP contribution in [0.1, 0.15) is 26.5 Å². The van der Waals surface area contributed by atoms with E-state index in [-0.39, 0.29) is 25.5 Å². The van der Waals surface area contributed by atoms with Gasteiger partial charge in [0.25, 0.3) is 0 Å². The third-order valence-electron chi connectivity index (χ3n) is 3.62. The lowest BCUT2D eigenvalue weighted by atomic mass is 10.1. The van der Waals surface area contributed by atoms with Gasteiger partial charge in [0.1, 0.15) is 23.7 Å².